The maximum Gasteiger partial charge on any atom is 0.239 e. The number of aryl methyl sites for hydroxylation is 3. The molecule has 6 heteroatoms. The zero-order valence-electron chi connectivity index (χ0n) is 15.3. The van der Waals surface area contributed by atoms with E-state index in [4.69, 9.17) is 0 Å². The molecule has 1 aromatic carbocycles. The summed E-state index contributed by atoms with van der Waals surface area (Å²) in [5.74, 6) is 0.774. The van der Waals surface area contributed by atoms with Crippen LogP contribution in [0.3, 0.4) is 0 Å². The first kappa shape index (κ1) is 17.6. The lowest BCUT2D eigenvalue weighted by molar-refractivity contribution is -0.117. The van der Waals surface area contributed by atoms with Crippen LogP contribution in [-0.4, -0.2) is 58.2 Å². The number of carbonyl (C=O) groups excluding carboxylic acids is 1. The molecule has 1 saturated heterocycles. The molecule has 134 valence electrons. The molecular formula is C19H27N5O. The number of rotatable bonds is 5. The van der Waals surface area contributed by atoms with E-state index in [9.17, 15) is 4.79 Å². The van der Waals surface area contributed by atoms with Crippen LogP contribution in [-0.2, 0) is 18.4 Å². The summed E-state index contributed by atoms with van der Waals surface area (Å²) in [6, 6.07) is 10.4. The van der Waals surface area contributed by atoms with Gasteiger partial charge in [0.1, 0.15) is 5.82 Å². The van der Waals surface area contributed by atoms with Crippen molar-refractivity contribution in [3.63, 3.8) is 0 Å². The Bertz CT molecular complexity index is 731. The van der Waals surface area contributed by atoms with Gasteiger partial charge in [-0.1, -0.05) is 24.3 Å². The number of carbonyl (C=O) groups is 1. The molecule has 25 heavy (non-hydrogen) atoms. The zero-order chi connectivity index (χ0) is 17.8. The van der Waals surface area contributed by atoms with Gasteiger partial charge in [-0.05, 0) is 25.0 Å². The highest BCUT2D eigenvalue weighted by atomic mass is 16.2. The van der Waals surface area contributed by atoms with E-state index in [1.165, 1.54) is 11.1 Å². The Balaban J connectivity index is 1.45. The second-order valence-corrected chi connectivity index (χ2v) is 6.82. The lowest BCUT2D eigenvalue weighted by Crippen LogP contribution is -2.48. The number of hydrogen-bond acceptors (Lipinski definition) is 4. The summed E-state index contributed by atoms with van der Waals surface area (Å²) in [5.41, 5.74) is 3.64. The highest BCUT2D eigenvalue weighted by Gasteiger charge is 2.19. The molecule has 0 radical (unpaired) electrons. The molecule has 1 aliphatic rings. The molecule has 1 fully saturated rings. The summed E-state index contributed by atoms with van der Waals surface area (Å²) in [6.45, 7) is 9.33. The minimum atomic E-state index is 0.0235. The van der Waals surface area contributed by atoms with Gasteiger partial charge in [0.25, 0.3) is 0 Å². The molecule has 0 aliphatic carbocycles. The minimum absolute atomic E-state index is 0.0235. The van der Waals surface area contributed by atoms with Crippen LogP contribution in [0.25, 0.3) is 0 Å². The van der Waals surface area contributed by atoms with Crippen LogP contribution < -0.4 is 5.32 Å². The topological polar surface area (TPSA) is 53.4 Å². The van der Waals surface area contributed by atoms with E-state index in [0.717, 1.165) is 44.2 Å². The average Bonchev–Trinajstić information content (AvgIpc) is 2.88. The van der Waals surface area contributed by atoms with Gasteiger partial charge < -0.3 is 5.32 Å². The molecule has 0 atom stereocenters. The number of nitrogens with zero attached hydrogens (tertiary/aromatic N) is 4. The van der Waals surface area contributed by atoms with Crippen molar-refractivity contribution in [3.05, 3.63) is 47.2 Å². The van der Waals surface area contributed by atoms with Crippen molar-refractivity contribution >= 4 is 11.7 Å². The Morgan fingerprint density at radius 3 is 2.44 bits per heavy atom. The molecule has 0 saturated carbocycles. The SMILES string of the molecule is Cc1cc(NC(=O)CN2CCN(Cc3ccccc3C)CC2)n(C)n1. The Morgan fingerprint density at radius 2 is 1.80 bits per heavy atom. The van der Waals surface area contributed by atoms with E-state index >= 15 is 0 Å². The van der Waals surface area contributed by atoms with E-state index in [2.05, 4.69) is 51.4 Å². The molecule has 2 aromatic rings. The summed E-state index contributed by atoms with van der Waals surface area (Å²) in [6.07, 6.45) is 0. The molecule has 1 aromatic heterocycles. The average molecular weight is 341 g/mol. The van der Waals surface area contributed by atoms with Gasteiger partial charge in [0, 0.05) is 45.8 Å². The molecule has 6 nitrogen and oxygen atoms in total. The van der Waals surface area contributed by atoms with Gasteiger partial charge >= 0.3 is 0 Å². The van der Waals surface area contributed by atoms with E-state index in [1.54, 1.807) is 4.68 Å². The van der Waals surface area contributed by atoms with Gasteiger partial charge in [-0.3, -0.25) is 19.3 Å². The molecular weight excluding hydrogens is 314 g/mol. The van der Waals surface area contributed by atoms with Gasteiger partial charge in [-0.25, -0.2) is 0 Å². The number of benzene rings is 1. The maximum atomic E-state index is 12.3. The Hall–Kier alpha value is -2.18. The van der Waals surface area contributed by atoms with Crippen molar-refractivity contribution in [2.24, 2.45) is 7.05 Å². The summed E-state index contributed by atoms with van der Waals surface area (Å²) in [5, 5.41) is 7.19. The van der Waals surface area contributed by atoms with Crippen LogP contribution in [0.2, 0.25) is 0 Å². The second kappa shape index (κ2) is 7.80. The summed E-state index contributed by atoms with van der Waals surface area (Å²) >= 11 is 0. The van der Waals surface area contributed by atoms with Gasteiger partial charge in [-0.15, -0.1) is 0 Å². The zero-order valence-corrected chi connectivity index (χ0v) is 15.3. The number of anilines is 1. The lowest BCUT2D eigenvalue weighted by Gasteiger charge is -2.34. The predicted octanol–water partition coefficient (Wildman–Crippen LogP) is 1.79. The van der Waals surface area contributed by atoms with Crippen molar-refractivity contribution in [2.75, 3.05) is 38.0 Å². The summed E-state index contributed by atoms with van der Waals surface area (Å²) < 4.78 is 1.70. The fourth-order valence-electron chi connectivity index (χ4n) is 3.25. The summed E-state index contributed by atoms with van der Waals surface area (Å²) in [4.78, 5) is 16.9. The predicted molar refractivity (Wildman–Crippen MR) is 99.5 cm³/mol. The number of amides is 1. The monoisotopic (exact) mass is 341 g/mol. The van der Waals surface area contributed by atoms with Gasteiger partial charge in [0.15, 0.2) is 0 Å². The molecule has 1 aliphatic heterocycles. The van der Waals surface area contributed by atoms with Gasteiger partial charge in [0.2, 0.25) is 5.91 Å². The van der Waals surface area contributed by atoms with Gasteiger partial charge in [-0.2, -0.15) is 5.10 Å². The molecule has 0 spiro atoms. The van der Waals surface area contributed by atoms with Crippen LogP contribution in [0.5, 0.6) is 0 Å². The molecule has 1 N–H and O–H groups in total. The van der Waals surface area contributed by atoms with E-state index in [0.29, 0.717) is 6.54 Å². The lowest BCUT2D eigenvalue weighted by atomic mass is 10.1. The third-order valence-corrected chi connectivity index (χ3v) is 4.76. The Labute approximate surface area is 149 Å². The maximum absolute atomic E-state index is 12.3. The first-order valence-electron chi connectivity index (χ1n) is 8.81. The van der Waals surface area contributed by atoms with Crippen molar-refractivity contribution in [1.29, 1.82) is 0 Å². The highest BCUT2D eigenvalue weighted by Crippen LogP contribution is 2.13. The normalized spacial score (nSPS) is 16.1. The second-order valence-electron chi connectivity index (χ2n) is 6.82. The molecule has 2 heterocycles. The van der Waals surface area contributed by atoms with Crippen LogP contribution in [0.15, 0.2) is 30.3 Å². The van der Waals surface area contributed by atoms with Crippen LogP contribution in [0.1, 0.15) is 16.8 Å². The first-order chi connectivity index (χ1) is 12.0. The van der Waals surface area contributed by atoms with Crippen molar-refractivity contribution in [1.82, 2.24) is 19.6 Å². The van der Waals surface area contributed by atoms with Crippen LogP contribution in [0.4, 0.5) is 5.82 Å². The first-order valence-corrected chi connectivity index (χ1v) is 8.81. The van der Waals surface area contributed by atoms with Crippen LogP contribution in [0, 0.1) is 13.8 Å². The third kappa shape index (κ3) is 4.67. The highest BCUT2D eigenvalue weighted by molar-refractivity contribution is 5.91. The van der Waals surface area contributed by atoms with E-state index in [-0.39, 0.29) is 5.91 Å². The third-order valence-electron chi connectivity index (χ3n) is 4.76. The smallest absolute Gasteiger partial charge is 0.239 e. The van der Waals surface area contributed by atoms with Crippen LogP contribution >= 0.6 is 0 Å². The quantitative estimate of drug-likeness (QED) is 0.901. The van der Waals surface area contributed by atoms with E-state index in [1.807, 2.05) is 20.0 Å². The van der Waals surface area contributed by atoms with Crippen molar-refractivity contribution in [3.8, 4) is 0 Å². The number of piperazine rings is 1. The van der Waals surface area contributed by atoms with Gasteiger partial charge in [0.05, 0.1) is 12.2 Å². The summed E-state index contributed by atoms with van der Waals surface area (Å²) in [7, 11) is 1.84. The number of aromatic nitrogens is 2. The molecule has 0 bridgehead atoms. The fourth-order valence-corrected chi connectivity index (χ4v) is 3.25. The largest absolute Gasteiger partial charge is 0.310 e. The Kier molecular flexibility index (Phi) is 5.50. The molecule has 1 amide bonds. The molecule has 0 unspecified atom stereocenters. The van der Waals surface area contributed by atoms with E-state index < -0.39 is 0 Å². The standard InChI is InChI=1S/C19H27N5O/c1-15-6-4-5-7-17(15)13-23-8-10-24(11-9-23)14-19(25)20-18-12-16(2)21-22(18)3/h4-7,12H,8-11,13-14H2,1-3H3,(H,20,25). The Morgan fingerprint density at radius 1 is 1.12 bits per heavy atom. The fraction of sp³-hybridized carbons (Fsp3) is 0.474. The van der Waals surface area contributed by atoms with Crippen molar-refractivity contribution in [2.45, 2.75) is 20.4 Å². The molecule has 3 rings (SSSR count). The number of hydrogen-bond donors (Lipinski definition) is 1. The minimum Gasteiger partial charge on any atom is -0.310 e. The van der Waals surface area contributed by atoms with Crippen molar-refractivity contribution < 1.29 is 4.79 Å². The number of nitrogens with one attached hydrogen (secondary N) is 1.